The number of amides is 1. The van der Waals surface area contributed by atoms with Gasteiger partial charge in [0, 0.05) is 11.3 Å². The Hall–Kier alpha value is -2.82. The van der Waals surface area contributed by atoms with Crippen LogP contribution in [0.5, 0.6) is 5.75 Å². The second-order valence-corrected chi connectivity index (χ2v) is 6.77. The van der Waals surface area contributed by atoms with Crippen molar-refractivity contribution < 1.29 is 19.4 Å². The highest BCUT2D eigenvalue weighted by molar-refractivity contribution is 6.04. The molecule has 0 saturated heterocycles. The topological polar surface area (TPSA) is 75.6 Å². The number of carbonyl (C=O) groups is 2. The maximum absolute atomic E-state index is 12.4. The molecule has 132 valence electrons. The minimum Gasteiger partial charge on any atom is -0.492 e. The molecule has 0 radical (unpaired) electrons. The van der Waals surface area contributed by atoms with E-state index < -0.39 is 11.4 Å². The van der Waals surface area contributed by atoms with Crippen molar-refractivity contribution in [1.82, 2.24) is 0 Å². The van der Waals surface area contributed by atoms with Crippen molar-refractivity contribution in [3.8, 4) is 5.75 Å². The number of hydrogen-bond donors (Lipinski definition) is 2. The van der Waals surface area contributed by atoms with Crippen LogP contribution < -0.4 is 10.1 Å². The second-order valence-electron chi connectivity index (χ2n) is 6.77. The molecular weight excluding hydrogens is 318 g/mol. The third-order valence-corrected chi connectivity index (χ3v) is 3.94. The van der Waals surface area contributed by atoms with Crippen molar-refractivity contribution >= 4 is 17.6 Å². The van der Waals surface area contributed by atoms with E-state index in [2.05, 4.69) is 5.32 Å². The number of benzene rings is 2. The fourth-order valence-corrected chi connectivity index (χ4v) is 2.09. The standard InChI is InChI=1S/C20H23NO4/c1-13-5-6-14(2)17(11-13)21-18(22)15-7-9-16(10-8-15)25-12-20(3,4)19(23)24/h5-11H,12H2,1-4H3,(H,21,22)(H,23,24). The molecule has 0 aliphatic heterocycles. The molecule has 2 aromatic carbocycles. The van der Waals surface area contributed by atoms with Gasteiger partial charge in [0.05, 0.1) is 5.41 Å². The molecule has 0 atom stereocenters. The predicted molar refractivity (Wildman–Crippen MR) is 97.2 cm³/mol. The number of carboxylic acid groups (broad SMARTS) is 1. The van der Waals surface area contributed by atoms with Crippen LogP contribution in [0.2, 0.25) is 0 Å². The number of ether oxygens (including phenoxy) is 1. The van der Waals surface area contributed by atoms with Crippen LogP contribution in [0.25, 0.3) is 0 Å². The van der Waals surface area contributed by atoms with Gasteiger partial charge in [-0.3, -0.25) is 9.59 Å². The quantitative estimate of drug-likeness (QED) is 0.831. The molecule has 0 fully saturated rings. The van der Waals surface area contributed by atoms with Crippen molar-refractivity contribution in [3.63, 3.8) is 0 Å². The first-order chi connectivity index (χ1) is 11.7. The number of aliphatic carboxylic acids is 1. The van der Waals surface area contributed by atoms with Gasteiger partial charge in [0.25, 0.3) is 5.91 Å². The molecule has 2 N–H and O–H groups in total. The molecule has 0 aliphatic rings. The van der Waals surface area contributed by atoms with Gasteiger partial charge in [-0.15, -0.1) is 0 Å². The molecule has 2 aromatic rings. The Bertz CT molecular complexity index is 779. The average Bonchev–Trinajstić information content (AvgIpc) is 2.56. The van der Waals surface area contributed by atoms with Crippen molar-refractivity contribution in [2.75, 3.05) is 11.9 Å². The SMILES string of the molecule is Cc1ccc(C)c(NC(=O)c2ccc(OCC(C)(C)C(=O)O)cc2)c1. The van der Waals surface area contributed by atoms with Gasteiger partial charge in [-0.05, 0) is 69.2 Å². The summed E-state index contributed by atoms with van der Waals surface area (Å²) in [6.07, 6.45) is 0. The number of rotatable bonds is 6. The lowest BCUT2D eigenvalue weighted by atomic mass is 9.95. The number of carboxylic acids is 1. The lowest BCUT2D eigenvalue weighted by Gasteiger charge is -2.19. The summed E-state index contributed by atoms with van der Waals surface area (Å²) in [6, 6.07) is 12.5. The summed E-state index contributed by atoms with van der Waals surface area (Å²) in [6.45, 7) is 7.16. The van der Waals surface area contributed by atoms with Crippen LogP contribution in [0.4, 0.5) is 5.69 Å². The normalized spacial score (nSPS) is 11.0. The van der Waals surface area contributed by atoms with Crippen LogP contribution >= 0.6 is 0 Å². The van der Waals surface area contributed by atoms with Crippen LogP contribution in [0.3, 0.4) is 0 Å². The number of anilines is 1. The van der Waals surface area contributed by atoms with E-state index in [1.165, 1.54) is 0 Å². The van der Waals surface area contributed by atoms with Crippen LogP contribution in [0.15, 0.2) is 42.5 Å². The molecular formula is C20H23NO4. The van der Waals surface area contributed by atoms with E-state index in [4.69, 9.17) is 9.84 Å². The molecule has 0 unspecified atom stereocenters. The third kappa shape index (κ3) is 4.83. The summed E-state index contributed by atoms with van der Waals surface area (Å²) >= 11 is 0. The van der Waals surface area contributed by atoms with Gasteiger partial charge >= 0.3 is 5.97 Å². The number of hydrogen-bond acceptors (Lipinski definition) is 3. The monoisotopic (exact) mass is 341 g/mol. The lowest BCUT2D eigenvalue weighted by Crippen LogP contribution is -2.30. The minimum absolute atomic E-state index is 0.0519. The first kappa shape index (κ1) is 18.5. The molecule has 0 aliphatic carbocycles. The Balaban J connectivity index is 2.03. The van der Waals surface area contributed by atoms with Gasteiger partial charge in [-0.2, -0.15) is 0 Å². The summed E-state index contributed by atoms with van der Waals surface area (Å²) < 4.78 is 5.51. The van der Waals surface area contributed by atoms with E-state index >= 15 is 0 Å². The first-order valence-corrected chi connectivity index (χ1v) is 8.04. The highest BCUT2D eigenvalue weighted by Gasteiger charge is 2.28. The zero-order valence-electron chi connectivity index (χ0n) is 14.9. The average molecular weight is 341 g/mol. The zero-order chi connectivity index (χ0) is 18.6. The Kier molecular flexibility index (Phi) is 5.47. The van der Waals surface area contributed by atoms with Crippen molar-refractivity contribution in [1.29, 1.82) is 0 Å². The number of carbonyl (C=O) groups excluding carboxylic acids is 1. The van der Waals surface area contributed by atoms with Crippen molar-refractivity contribution in [2.24, 2.45) is 5.41 Å². The number of aryl methyl sites for hydroxylation is 2. The van der Waals surface area contributed by atoms with Gasteiger partial charge in [0.2, 0.25) is 0 Å². The Morgan fingerprint density at radius 1 is 1.08 bits per heavy atom. The summed E-state index contributed by atoms with van der Waals surface area (Å²) in [4.78, 5) is 23.4. The summed E-state index contributed by atoms with van der Waals surface area (Å²) in [5, 5.41) is 12.0. The van der Waals surface area contributed by atoms with Gasteiger partial charge < -0.3 is 15.2 Å². The minimum atomic E-state index is -0.973. The van der Waals surface area contributed by atoms with E-state index in [-0.39, 0.29) is 12.5 Å². The van der Waals surface area contributed by atoms with Gasteiger partial charge in [-0.1, -0.05) is 12.1 Å². The number of nitrogens with one attached hydrogen (secondary N) is 1. The fraction of sp³-hybridized carbons (Fsp3) is 0.300. The molecule has 5 nitrogen and oxygen atoms in total. The molecule has 25 heavy (non-hydrogen) atoms. The Labute approximate surface area is 147 Å². The van der Waals surface area contributed by atoms with Crippen LogP contribution in [0.1, 0.15) is 35.3 Å². The van der Waals surface area contributed by atoms with Crippen molar-refractivity contribution in [2.45, 2.75) is 27.7 Å². The molecule has 0 aromatic heterocycles. The maximum Gasteiger partial charge on any atom is 0.312 e. The highest BCUT2D eigenvalue weighted by atomic mass is 16.5. The molecule has 1 amide bonds. The predicted octanol–water partition coefficient (Wildman–Crippen LogP) is 4.05. The van der Waals surface area contributed by atoms with E-state index in [1.54, 1.807) is 38.1 Å². The molecule has 0 heterocycles. The smallest absolute Gasteiger partial charge is 0.312 e. The molecule has 0 bridgehead atoms. The van der Waals surface area contributed by atoms with E-state index in [0.29, 0.717) is 11.3 Å². The Morgan fingerprint density at radius 3 is 2.32 bits per heavy atom. The van der Waals surface area contributed by atoms with Crippen molar-refractivity contribution in [3.05, 3.63) is 59.2 Å². The van der Waals surface area contributed by atoms with Gasteiger partial charge in [0.15, 0.2) is 0 Å². The summed E-state index contributed by atoms with van der Waals surface area (Å²) in [7, 11) is 0. The maximum atomic E-state index is 12.4. The van der Waals surface area contributed by atoms with Crippen LogP contribution in [-0.4, -0.2) is 23.6 Å². The Morgan fingerprint density at radius 2 is 1.72 bits per heavy atom. The molecule has 0 saturated carbocycles. The largest absolute Gasteiger partial charge is 0.492 e. The summed E-state index contributed by atoms with van der Waals surface area (Å²) in [5.74, 6) is -0.597. The third-order valence-electron chi connectivity index (χ3n) is 3.94. The summed E-state index contributed by atoms with van der Waals surface area (Å²) in [5.41, 5.74) is 2.39. The lowest BCUT2D eigenvalue weighted by molar-refractivity contribution is -0.148. The van der Waals surface area contributed by atoms with E-state index in [9.17, 15) is 9.59 Å². The molecule has 5 heteroatoms. The van der Waals surface area contributed by atoms with Crippen LogP contribution in [0, 0.1) is 19.3 Å². The fourth-order valence-electron chi connectivity index (χ4n) is 2.09. The zero-order valence-corrected chi connectivity index (χ0v) is 14.9. The second kappa shape index (κ2) is 7.38. The van der Waals surface area contributed by atoms with Gasteiger partial charge in [0.1, 0.15) is 12.4 Å². The van der Waals surface area contributed by atoms with E-state index in [0.717, 1.165) is 16.8 Å². The van der Waals surface area contributed by atoms with Gasteiger partial charge in [-0.25, -0.2) is 0 Å². The molecule has 0 spiro atoms. The van der Waals surface area contributed by atoms with Crippen LogP contribution in [-0.2, 0) is 4.79 Å². The highest BCUT2D eigenvalue weighted by Crippen LogP contribution is 2.21. The van der Waals surface area contributed by atoms with E-state index in [1.807, 2.05) is 32.0 Å². The first-order valence-electron chi connectivity index (χ1n) is 8.04. The molecule has 2 rings (SSSR count).